The van der Waals surface area contributed by atoms with Crippen molar-refractivity contribution < 1.29 is 14.7 Å². The molecule has 0 saturated carbocycles. The minimum absolute atomic E-state index is 0.141. The average molecular weight is 481 g/mol. The molecule has 0 fully saturated rings. The number of amides is 1. The highest BCUT2D eigenvalue weighted by Crippen LogP contribution is 2.23. The van der Waals surface area contributed by atoms with E-state index in [1.807, 2.05) is 12.1 Å². The maximum absolute atomic E-state index is 13.0. The first-order valence-electron chi connectivity index (χ1n) is 11.6. The molecule has 0 aliphatic heterocycles. The number of nitrogens with zero attached hydrogens (tertiary/aromatic N) is 3. The molecule has 2 N–H and O–H groups in total. The topological polar surface area (TPSA) is 99.2 Å². The second-order valence-corrected chi connectivity index (χ2v) is 9.02. The Bertz CT molecular complexity index is 1130. The number of carboxylic acids is 1. The lowest BCUT2D eigenvalue weighted by Gasteiger charge is -2.20. The number of hydrogen-bond donors (Lipinski definition) is 3. The van der Waals surface area contributed by atoms with Crippen molar-refractivity contribution in [2.24, 2.45) is 5.92 Å². The predicted molar refractivity (Wildman–Crippen MR) is 136 cm³/mol. The van der Waals surface area contributed by atoms with Crippen LogP contribution in [0.15, 0.2) is 42.6 Å². The van der Waals surface area contributed by atoms with Crippen molar-refractivity contribution >= 4 is 24.5 Å². The minimum atomic E-state index is -0.982. The highest BCUT2D eigenvalue weighted by molar-refractivity contribution is 7.80. The maximum atomic E-state index is 13.0. The summed E-state index contributed by atoms with van der Waals surface area (Å²) in [6, 6.07) is 10.6. The lowest BCUT2D eigenvalue weighted by Crippen LogP contribution is -2.32. The van der Waals surface area contributed by atoms with Crippen molar-refractivity contribution in [3.8, 4) is 11.3 Å². The molecule has 0 aliphatic carbocycles. The van der Waals surface area contributed by atoms with Gasteiger partial charge in [-0.2, -0.15) is 12.6 Å². The lowest BCUT2D eigenvalue weighted by molar-refractivity contribution is 0.0696. The van der Waals surface area contributed by atoms with E-state index in [0.717, 1.165) is 36.2 Å². The van der Waals surface area contributed by atoms with E-state index < -0.39 is 5.97 Å². The van der Waals surface area contributed by atoms with Crippen molar-refractivity contribution in [3.63, 3.8) is 0 Å². The Morgan fingerprint density at radius 1 is 1.18 bits per heavy atom. The Morgan fingerprint density at radius 3 is 2.56 bits per heavy atom. The zero-order valence-corrected chi connectivity index (χ0v) is 20.8. The number of rotatable bonds is 11. The molecule has 2 heterocycles. The van der Waals surface area contributed by atoms with Gasteiger partial charge >= 0.3 is 5.97 Å². The zero-order chi connectivity index (χ0) is 24.7. The van der Waals surface area contributed by atoms with Gasteiger partial charge in [0, 0.05) is 30.4 Å². The van der Waals surface area contributed by atoms with E-state index in [4.69, 9.17) is 0 Å². The first kappa shape index (κ1) is 25.5. The van der Waals surface area contributed by atoms with Crippen LogP contribution < -0.4 is 0 Å². The third-order valence-electron chi connectivity index (χ3n) is 5.63. The molecule has 3 aromatic rings. The van der Waals surface area contributed by atoms with Gasteiger partial charge in [-0.1, -0.05) is 51.5 Å². The summed E-state index contributed by atoms with van der Waals surface area (Å²) in [6.45, 7) is 6.98. The summed E-state index contributed by atoms with van der Waals surface area (Å²) in [5.41, 5.74) is 4.13. The number of aromatic carboxylic acids is 1. The van der Waals surface area contributed by atoms with Crippen molar-refractivity contribution in [2.75, 3.05) is 12.4 Å². The molecule has 7 nitrogen and oxygen atoms in total. The second-order valence-electron chi connectivity index (χ2n) is 8.73. The molecule has 0 bridgehead atoms. The van der Waals surface area contributed by atoms with Crippen molar-refractivity contribution in [2.45, 2.75) is 46.5 Å². The van der Waals surface area contributed by atoms with Crippen LogP contribution in [0.25, 0.3) is 11.3 Å². The number of aromatic amines is 1. The van der Waals surface area contributed by atoms with Crippen LogP contribution in [0, 0.1) is 5.92 Å². The number of imidazole rings is 1. The molecule has 0 aliphatic rings. The van der Waals surface area contributed by atoms with Gasteiger partial charge in [-0.3, -0.25) is 9.78 Å². The Labute approximate surface area is 206 Å². The third-order valence-corrected chi connectivity index (χ3v) is 5.97. The quantitative estimate of drug-likeness (QED) is 0.262. The molecular formula is C26H32N4O3S. The highest BCUT2D eigenvalue weighted by atomic mass is 32.1. The summed E-state index contributed by atoms with van der Waals surface area (Å²) in [7, 11) is 0. The van der Waals surface area contributed by atoms with Gasteiger partial charge in [0.1, 0.15) is 0 Å². The minimum Gasteiger partial charge on any atom is -0.478 e. The van der Waals surface area contributed by atoms with Crippen LogP contribution >= 0.6 is 12.6 Å². The number of carboxylic acid groups (broad SMARTS) is 1. The molecule has 8 heteroatoms. The molecule has 0 spiro atoms. The summed E-state index contributed by atoms with van der Waals surface area (Å²) >= 11 is 4.34. The summed E-state index contributed by atoms with van der Waals surface area (Å²) in [5, 5.41) is 9.45. The first-order chi connectivity index (χ1) is 16.3. The fourth-order valence-corrected chi connectivity index (χ4v) is 3.99. The van der Waals surface area contributed by atoms with Crippen LogP contribution in [-0.2, 0) is 12.8 Å². The number of nitrogens with one attached hydrogen (secondary N) is 1. The summed E-state index contributed by atoms with van der Waals surface area (Å²) in [5.74, 6) is 0.0580. The van der Waals surface area contributed by atoms with Crippen LogP contribution in [0.5, 0.6) is 0 Å². The van der Waals surface area contributed by atoms with Crippen molar-refractivity contribution in [1.82, 2.24) is 19.9 Å². The second kappa shape index (κ2) is 11.8. The molecule has 0 saturated heterocycles. The van der Waals surface area contributed by atoms with E-state index in [2.05, 4.69) is 48.4 Å². The largest absolute Gasteiger partial charge is 0.478 e. The van der Waals surface area contributed by atoms with E-state index >= 15 is 0 Å². The number of H-pyrrole nitrogens is 1. The number of benzene rings is 1. The Kier molecular flexibility index (Phi) is 8.87. The molecule has 1 aromatic carbocycles. The highest BCUT2D eigenvalue weighted by Gasteiger charge is 2.21. The third kappa shape index (κ3) is 6.26. The van der Waals surface area contributed by atoms with Crippen LogP contribution in [-0.4, -0.2) is 49.3 Å². The summed E-state index contributed by atoms with van der Waals surface area (Å²) in [6.07, 6.45) is 4.89. The van der Waals surface area contributed by atoms with E-state index in [1.165, 1.54) is 0 Å². The van der Waals surface area contributed by atoms with Gasteiger partial charge in [-0.05, 0) is 36.5 Å². The van der Waals surface area contributed by atoms with E-state index in [-0.39, 0.29) is 11.5 Å². The van der Waals surface area contributed by atoms with E-state index in [0.29, 0.717) is 41.8 Å². The smallest absolute Gasteiger partial charge is 0.336 e. The molecule has 0 atom stereocenters. The Morgan fingerprint density at radius 2 is 1.94 bits per heavy atom. The predicted octanol–water partition coefficient (Wildman–Crippen LogP) is 5.09. The molecular weight excluding hydrogens is 448 g/mol. The summed E-state index contributed by atoms with van der Waals surface area (Å²) in [4.78, 5) is 38.6. The normalized spacial score (nSPS) is 11.1. The number of aryl methyl sites for hydroxylation is 1. The van der Waals surface area contributed by atoms with Gasteiger partial charge in [-0.25, -0.2) is 9.78 Å². The van der Waals surface area contributed by atoms with Crippen LogP contribution in [0.4, 0.5) is 0 Å². The number of thiol groups is 1. The van der Waals surface area contributed by atoms with E-state index in [1.54, 1.807) is 35.4 Å². The van der Waals surface area contributed by atoms with Gasteiger partial charge in [-0.15, -0.1) is 0 Å². The zero-order valence-electron chi connectivity index (χ0n) is 19.9. The summed E-state index contributed by atoms with van der Waals surface area (Å²) < 4.78 is 0. The van der Waals surface area contributed by atoms with Crippen molar-refractivity contribution in [3.05, 3.63) is 70.9 Å². The lowest BCUT2D eigenvalue weighted by atomic mass is 10.0. The van der Waals surface area contributed by atoms with Gasteiger partial charge in [0.2, 0.25) is 0 Å². The number of hydrogen-bond acceptors (Lipinski definition) is 5. The van der Waals surface area contributed by atoms with E-state index in [9.17, 15) is 14.7 Å². The number of carbonyl (C=O) groups is 2. The molecule has 0 radical (unpaired) electrons. The number of aromatic nitrogens is 3. The monoisotopic (exact) mass is 480 g/mol. The van der Waals surface area contributed by atoms with Crippen LogP contribution in [0.3, 0.4) is 0 Å². The van der Waals surface area contributed by atoms with Gasteiger partial charge in [0.25, 0.3) is 5.91 Å². The molecule has 34 heavy (non-hydrogen) atoms. The number of carbonyl (C=O) groups excluding carboxylic acids is 1. The molecule has 3 rings (SSSR count). The molecule has 180 valence electrons. The maximum Gasteiger partial charge on any atom is 0.336 e. The first-order valence-corrected chi connectivity index (χ1v) is 12.2. The average Bonchev–Trinajstić information content (AvgIpc) is 3.22. The van der Waals surface area contributed by atoms with Gasteiger partial charge < -0.3 is 15.0 Å². The van der Waals surface area contributed by atoms with Gasteiger partial charge in [0.15, 0.2) is 5.82 Å². The Balaban J connectivity index is 1.82. The fourth-order valence-electron chi connectivity index (χ4n) is 3.72. The molecule has 2 aromatic heterocycles. The van der Waals surface area contributed by atoms with Crippen LogP contribution in [0.1, 0.15) is 71.5 Å². The van der Waals surface area contributed by atoms with Crippen LogP contribution in [0.2, 0.25) is 0 Å². The van der Waals surface area contributed by atoms with Gasteiger partial charge in [0.05, 0.1) is 22.8 Å². The number of pyridine rings is 1. The Hall–Kier alpha value is -3.13. The fraction of sp³-hybridized carbons (Fsp3) is 0.385. The molecule has 0 unspecified atom stereocenters. The molecule has 1 amide bonds. The standard InChI is InChI=1S/C26H32N4O3S/c1-4-7-22-23(29-24(28-22)25(31)30(16-34)13-12-17(2)3)14-18-10-11-21(27-15-18)19-8-5-6-9-20(19)26(32)33/h5-6,8-11,15,17,34H,4,7,12-14,16H2,1-3H3,(H,28,29)(H,32,33). The SMILES string of the molecule is CCCc1nc(C(=O)N(CS)CCC(C)C)[nH]c1Cc1ccc(-c2ccccc2C(=O)O)nc1. The van der Waals surface area contributed by atoms with Crippen molar-refractivity contribution in [1.29, 1.82) is 0 Å².